The third-order valence-electron chi connectivity index (χ3n) is 3.51. The Labute approximate surface area is 99.8 Å². The van der Waals surface area contributed by atoms with E-state index in [1.54, 1.807) is 7.11 Å². The Balaban J connectivity index is 3.67. The van der Waals surface area contributed by atoms with Gasteiger partial charge in [-0.2, -0.15) is 0 Å². The first-order chi connectivity index (χ1) is 7.21. The highest BCUT2D eigenvalue weighted by molar-refractivity contribution is 5.55. The monoisotopic (exact) mass is 220 g/mol. The van der Waals surface area contributed by atoms with E-state index in [4.69, 9.17) is 4.74 Å². The van der Waals surface area contributed by atoms with E-state index in [0.717, 1.165) is 5.75 Å². The van der Waals surface area contributed by atoms with Gasteiger partial charge in [-0.3, -0.25) is 0 Å². The molecule has 0 bridgehead atoms. The molecule has 90 valence electrons. The van der Waals surface area contributed by atoms with Crippen LogP contribution in [0.15, 0.2) is 0 Å². The summed E-state index contributed by atoms with van der Waals surface area (Å²) in [6.07, 6.45) is 0. The van der Waals surface area contributed by atoms with Gasteiger partial charge in [0.15, 0.2) is 0 Å². The van der Waals surface area contributed by atoms with Gasteiger partial charge in [0.05, 0.1) is 7.11 Å². The van der Waals surface area contributed by atoms with E-state index in [-0.39, 0.29) is 5.41 Å². The molecule has 0 atom stereocenters. The molecule has 0 saturated heterocycles. The van der Waals surface area contributed by atoms with Crippen LogP contribution in [-0.4, -0.2) is 7.11 Å². The molecule has 0 aliphatic carbocycles. The molecule has 0 N–H and O–H groups in total. The number of benzene rings is 1. The fourth-order valence-electron chi connectivity index (χ4n) is 2.71. The SMILES string of the molecule is COc1c(C)c(C)c(C(C)(C)C)c(C)c1C. The minimum absolute atomic E-state index is 0.190. The molecule has 0 aliphatic rings. The minimum atomic E-state index is 0.190. The Hall–Kier alpha value is -0.980. The van der Waals surface area contributed by atoms with Gasteiger partial charge in [-0.1, -0.05) is 20.8 Å². The van der Waals surface area contributed by atoms with Crippen LogP contribution in [0.3, 0.4) is 0 Å². The van der Waals surface area contributed by atoms with Crippen molar-refractivity contribution < 1.29 is 4.74 Å². The van der Waals surface area contributed by atoms with Crippen LogP contribution >= 0.6 is 0 Å². The van der Waals surface area contributed by atoms with E-state index in [1.807, 2.05) is 0 Å². The van der Waals surface area contributed by atoms with Crippen molar-refractivity contribution in [2.24, 2.45) is 0 Å². The Morgan fingerprint density at radius 2 is 1.12 bits per heavy atom. The lowest BCUT2D eigenvalue weighted by Crippen LogP contribution is -2.17. The Morgan fingerprint density at radius 1 is 0.750 bits per heavy atom. The normalized spacial score (nSPS) is 11.8. The van der Waals surface area contributed by atoms with Crippen LogP contribution in [0.5, 0.6) is 5.75 Å². The summed E-state index contributed by atoms with van der Waals surface area (Å²) in [5, 5.41) is 0. The van der Waals surface area contributed by atoms with Gasteiger partial charge in [0.1, 0.15) is 5.75 Å². The molecular formula is C15H24O. The van der Waals surface area contributed by atoms with Gasteiger partial charge >= 0.3 is 0 Å². The van der Waals surface area contributed by atoms with E-state index in [1.165, 1.54) is 27.8 Å². The second-order valence-electron chi connectivity index (χ2n) is 5.66. The zero-order valence-corrected chi connectivity index (χ0v) is 11.9. The summed E-state index contributed by atoms with van der Waals surface area (Å²) in [5.74, 6) is 1.04. The minimum Gasteiger partial charge on any atom is -0.496 e. The number of hydrogen-bond donors (Lipinski definition) is 0. The molecule has 0 aromatic heterocycles. The lowest BCUT2D eigenvalue weighted by molar-refractivity contribution is 0.406. The fourth-order valence-corrected chi connectivity index (χ4v) is 2.71. The zero-order chi connectivity index (χ0) is 12.7. The first kappa shape index (κ1) is 13.1. The van der Waals surface area contributed by atoms with Crippen molar-refractivity contribution in [2.75, 3.05) is 7.11 Å². The van der Waals surface area contributed by atoms with Gasteiger partial charge in [-0.25, -0.2) is 0 Å². The van der Waals surface area contributed by atoms with Gasteiger partial charge in [0.2, 0.25) is 0 Å². The molecule has 16 heavy (non-hydrogen) atoms. The molecule has 1 nitrogen and oxygen atoms in total. The first-order valence-electron chi connectivity index (χ1n) is 5.86. The van der Waals surface area contributed by atoms with Gasteiger partial charge in [0, 0.05) is 0 Å². The molecule has 0 amide bonds. The second kappa shape index (κ2) is 4.12. The van der Waals surface area contributed by atoms with Crippen LogP contribution in [0.4, 0.5) is 0 Å². The Morgan fingerprint density at radius 3 is 1.38 bits per heavy atom. The van der Waals surface area contributed by atoms with Crippen LogP contribution in [-0.2, 0) is 5.41 Å². The highest BCUT2D eigenvalue weighted by Gasteiger charge is 2.23. The maximum absolute atomic E-state index is 5.51. The number of methoxy groups -OCH3 is 1. The summed E-state index contributed by atoms with van der Waals surface area (Å²) < 4.78 is 5.51. The first-order valence-corrected chi connectivity index (χ1v) is 5.86. The van der Waals surface area contributed by atoms with Gasteiger partial charge in [-0.15, -0.1) is 0 Å². The molecule has 1 aromatic carbocycles. The number of hydrogen-bond acceptors (Lipinski definition) is 1. The third kappa shape index (κ3) is 1.95. The highest BCUT2D eigenvalue weighted by atomic mass is 16.5. The van der Waals surface area contributed by atoms with Crippen molar-refractivity contribution in [3.8, 4) is 5.75 Å². The van der Waals surface area contributed by atoms with Crippen LogP contribution in [0.1, 0.15) is 48.6 Å². The maximum atomic E-state index is 5.51. The van der Waals surface area contributed by atoms with Crippen LogP contribution in [0.25, 0.3) is 0 Å². The average Bonchev–Trinajstić information content (AvgIpc) is 2.14. The summed E-state index contributed by atoms with van der Waals surface area (Å²) in [5.41, 5.74) is 6.94. The van der Waals surface area contributed by atoms with Gasteiger partial charge in [-0.05, 0) is 60.9 Å². The molecule has 1 rings (SSSR count). The molecule has 0 aliphatic heterocycles. The van der Waals surface area contributed by atoms with Crippen molar-refractivity contribution >= 4 is 0 Å². The highest BCUT2D eigenvalue weighted by Crippen LogP contribution is 2.38. The lowest BCUT2D eigenvalue weighted by atomic mass is 9.78. The van der Waals surface area contributed by atoms with E-state index in [2.05, 4.69) is 48.5 Å². The van der Waals surface area contributed by atoms with E-state index in [9.17, 15) is 0 Å². The topological polar surface area (TPSA) is 9.23 Å². The molecule has 0 unspecified atom stereocenters. The average molecular weight is 220 g/mol. The van der Waals surface area contributed by atoms with Crippen LogP contribution in [0, 0.1) is 27.7 Å². The molecule has 0 heterocycles. The van der Waals surface area contributed by atoms with Crippen LogP contribution in [0.2, 0.25) is 0 Å². The lowest BCUT2D eigenvalue weighted by Gasteiger charge is -2.28. The number of rotatable bonds is 1. The predicted molar refractivity (Wildman–Crippen MR) is 70.6 cm³/mol. The standard InChI is InChI=1S/C15H24O/c1-9-11(3)14(16-8)12(4)10(2)13(9)15(5,6)7/h1-8H3. The second-order valence-corrected chi connectivity index (χ2v) is 5.66. The molecule has 0 spiro atoms. The summed E-state index contributed by atoms with van der Waals surface area (Å²) in [6.45, 7) is 15.5. The van der Waals surface area contributed by atoms with Crippen molar-refractivity contribution in [3.05, 3.63) is 27.8 Å². The smallest absolute Gasteiger partial charge is 0.125 e. The summed E-state index contributed by atoms with van der Waals surface area (Å²) >= 11 is 0. The van der Waals surface area contributed by atoms with Crippen molar-refractivity contribution in [2.45, 2.75) is 53.9 Å². The molecule has 0 saturated carbocycles. The fraction of sp³-hybridized carbons (Fsp3) is 0.600. The molecule has 0 fully saturated rings. The van der Waals surface area contributed by atoms with Crippen molar-refractivity contribution in [1.82, 2.24) is 0 Å². The third-order valence-corrected chi connectivity index (χ3v) is 3.51. The number of ether oxygens (including phenoxy) is 1. The largest absolute Gasteiger partial charge is 0.496 e. The molecular weight excluding hydrogens is 196 g/mol. The molecule has 1 aromatic rings. The van der Waals surface area contributed by atoms with Gasteiger partial charge in [0.25, 0.3) is 0 Å². The predicted octanol–water partition coefficient (Wildman–Crippen LogP) is 4.23. The van der Waals surface area contributed by atoms with Crippen LogP contribution < -0.4 is 4.74 Å². The van der Waals surface area contributed by atoms with Gasteiger partial charge < -0.3 is 4.74 Å². The van der Waals surface area contributed by atoms with Crippen molar-refractivity contribution in [1.29, 1.82) is 0 Å². The Bertz CT molecular complexity index is 379. The summed E-state index contributed by atoms with van der Waals surface area (Å²) in [7, 11) is 1.75. The maximum Gasteiger partial charge on any atom is 0.125 e. The van der Waals surface area contributed by atoms with E-state index >= 15 is 0 Å². The van der Waals surface area contributed by atoms with E-state index < -0.39 is 0 Å². The quantitative estimate of drug-likeness (QED) is 0.688. The van der Waals surface area contributed by atoms with Crippen molar-refractivity contribution in [3.63, 3.8) is 0 Å². The molecule has 0 radical (unpaired) electrons. The van der Waals surface area contributed by atoms with E-state index in [0.29, 0.717) is 0 Å². The Kier molecular flexibility index (Phi) is 3.37. The summed E-state index contributed by atoms with van der Waals surface area (Å²) in [6, 6.07) is 0. The summed E-state index contributed by atoms with van der Waals surface area (Å²) in [4.78, 5) is 0. The zero-order valence-electron chi connectivity index (χ0n) is 11.9. The molecule has 1 heteroatoms.